The first kappa shape index (κ1) is 19.9. The Morgan fingerprint density at radius 2 is 1.72 bits per heavy atom. The fourth-order valence-corrected chi connectivity index (χ4v) is 3.84. The Balaban J connectivity index is 0.00000225. The van der Waals surface area contributed by atoms with Crippen molar-refractivity contribution in [2.75, 3.05) is 0 Å². The maximum absolute atomic E-state index is 12.9. The first-order chi connectivity index (χ1) is 11.6. The smallest absolute Gasteiger partial charge is 0.872 e. The Morgan fingerprint density at radius 3 is 2.40 bits per heavy atom. The van der Waals surface area contributed by atoms with Crippen LogP contribution in [0.4, 0.5) is 0 Å². The molecule has 0 aliphatic rings. The third kappa shape index (κ3) is 4.21. The van der Waals surface area contributed by atoms with E-state index in [-0.39, 0.29) is 57.8 Å². The van der Waals surface area contributed by atoms with E-state index >= 15 is 0 Å². The maximum Gasteiger partial charge on any atom is 1.00 e. The molecule has 0 aliphatic heterocycles. The van der Waals surface area contributed by atoms with Gasteiger partial charge in [-0.2, -0.15) is 0 Å². The van der Waals surface area contributed by atoms with Crippen LogP contribution in [0.2, 0.25) is 0 Å². The Hall–Kier alpha value is -1.46. The molecule has 3 aromatic rings. The molecule has 1 heterocycles. The van der Waals surface area contributed by atoms with Crippen LogP contribution in [0, 0.1) is 0 Å². The van der Waals surface area contributed by atoms with Gasteiger partial charge in [-0.3, -0.25) is 9.59 Å². The average Bonchev–Trinajstić information content (AvgIpc) is 2.61. The van der Waals surface area contributed by atoms with Crippen LogP contribution >= 0.6 is 11.3 Å². The molecule has 1 atom stereocenters. The van der Waals surface area contributed by atoms with Crippen LogP contribution < -0.4 is 39.4 Å². The SMILES string of the molecule is CCC(=O)CC(c1ccccc1)c1c([O-])c2ccccc2sc1=O.[Na+]. The topological polar surface area (TPSA) is 57.2 Å². The minimum absolute atomic E-state index is 0. The van der Waals surface area contributed by atoms with Gasteiger partial charge in [0, 0.05) is 29.0 Å². The van der Waals surface area contributed by atoms with Crippen LogP contribution in [0.15, 0.2) is 59.4 Å². The zero-order valence-corrected chi connectivity index (χ0v) is 17.1. The largest absolute Gasteiger partial charge is 1.00 e. The summed E-state index contributed by atoms with van der Waals surface area (Å²) in [5, 5.41) is 13.5. The molecular weight excluding hydrogens is 343 g/mol. The normalized spacial score (nSPS) is 11.7. The van der Waals surface area contributed by atoms with Crippen molar-refractivity contribution in [3.05, 3.63) is 75.3 Å². The van der Waals surface area contributed by atoms with Gasteiger partial charge in [-0.15, -0.1) is 0 Å². The van der Waals surface area contributed by atoms with E-state index in [1.807, 2.05) is 36.4 Å². The van der Waals surface area contributed by atoms with Gasteiger partial charge >= 0.3 is 29.6 Å². The Bertz CT molecular complexity index is 935. The minimum Gasteiger partial charge on any atom is -0.872 e. The van der Waals surface area contributed by atoms with Crippen molar-refractivity contribution in [3.8, 4) is 5.75 Å². The summed E-state index contributed by atoms with van der Waals surface area (Å²) < 4.78 is 0.432. The van der Waals surface area contributed by atoms with Crippen molar-refractivity contribution < 1.29 is 39.5 Å². The van der Waals surface area contributed by atoms with E-state index < -0.39 is 5.92 Å². The molecule has 25 heavy (non-hydrogen) atoms. The Labute approximate surface area is 172 Å². The second-order valence-electron chi connectivity index (χ2n) is 5.69. The molecule has 1 unspecified atom stereocenters. The van der Waals surface area contributed by atoms with Crippen LogP contribution in [0.1, 0.15) is 36.8 Å². The van der Waals surface area contributed by atoms with E-state index in [4.69, 9.17) is 0 Å². The minimum atomic E-state index is -0.487. The Morgan fingerprint density at radius 1 is 1.08 bits per heavy atom. The predicted molar refractivity (Wildman–Crippen MR) is 95.7 cm³/mol. The van der Waals surface area contributed by atoms with Crippen LogP contribution in [-0.4, -0.2) is 5.78 Å². The van der Waals surface area contributed by atoms with E-state index in [2.05, 4.69) is 0 Å². The zero-order chi connectivity index (χ0) is 17.1. The number of ketones is 1. The molecule has 0 saturated heterocycles. The van der Waals surface area contributed by atoms with Crippen LogP contribution in [0.5, 0.6) is 5.75 Å². The van der Waals surface area contributed by atoms with Crippen LogP contribution in [0.3, 0.4) is 0 Å². The number of rotatable bonds is 5. The monoisotopic (exact) mass is 360 g/mol. The van der Waals surface area contributed by atoms with Gasteiger partial charge in [0.05, 0.1) is 0 Å². The maximum atomic E-state index is 12.9. The van der Waals surface area contributed by atoms with Gasteiger partial charge in [-0.05, 0) is 17.0 Å². The summed E-state index contributed by atoms with van der Waals surface area (Å²) in [4.78, 5) is 24.7. The number of hydrogen-bond donors (Lipinski definition) is 0. The van der Waals surface area contributed by atoms with Crippen LogP contribution in [0.25, 0.3) is 10.1 Å². The van der Waals surface area contributed by atoms with Gasteiger partial charge in [0.25, 0.3) is 0 Å². The molecule has 0 spiro atoms. The Kier molecular flexibility index (Phi) is 6.96. The number of Topliss-reactive ketones (excluding diaryl/α,β-unsaturated/α-hetero) is 1. The first-order valence-electron chi connectivity index (χ1n) is 7.91. The summed E-state index contributed by atoms with van der Waals surface area (Å²) in [6, 6.07) is 16.4. The fourth-order valence-electron chi connectivity index (χ4n) is 2.88. The second-order valence-corrected chi connectivity index (χ2v) is 6.70. The molecule has 0 radical (unpaired) electrons. The molecule has 0 fully saturated rings. The number of carbonyl (C=O) groups excluding carboxylic acids is 1. The summed E-state index contributed by atoms with van der Waals surface area (Å²) in [6.07, 6.45) is 0.568. The summed E-state index contributed by atoms with van der Waals surface area (Å²) in [7, 11) is 0. The van der Waals surface area contributed by atoms with Gasteiger partial charge in [-0.1, -0.05) is 72.5 Å². The van der Waals surface area contributed by atoms with Gasteiger partial charge in [0.2, 0.25) is 4.74 Å². The molecule has 0 amide bonds. The predicted octanol–water partition coefficient (Wildman–Crippen LogP) is 0.840. The molecule has 1 aromatic heterocycles. The quantitative estimate of drug-likeness (QED) is 0.634. The van der Waals surface area contributed by atoms with E-state index in [9.17, 15) is 14.7 Å². The average molecular weight is 360 g/mol. The summed E-state index contributed by atoms with van der Waals surface area (Å²) in [6.45, 7) is 1.80. The van der Waals surface area contributed by atoms with E-state index in [1.54, 1.807) is 25.1 Å². The molecule has 2 aromatic carbocycles. The fraction of sp³-hybridized carbons (Fsp3) is 0.200. The summed E-state index contributed by atoms with van der Waals surface area (Å²) in [5.74, 6) is -0.701. The number of benzene rings is 2. The molecule has 0 aliphatic carbocycles. The number of carbonyl (C=O) groups is 1. The van der Waals surface area contributed by atoms with E-state index in [1.165, 1.54) is 0 Å². The van der Waals surface area contributed by atoms with Gasteiger partial charge in [0.1, 0.15) is 5.78 Å². The molecule has 122 valence electrons. The summed E-state index contributed by atoms with van der Waals surface area (Å²) >= 11 is 1.07. The third-order valence-electron chi connectivity index (χ3n) is 4.18. The van der Waals surface area contributed by atoms with Crippen molar-refractivity contribution in [1.29, 1.82) is 0 Å². The van der Waals surface area contributed by atoms with Crippen LogP contribution in [-0.2, 0) is 4.79 Å². The standard InChI is InChI=1S/C20H18O3S.Na/c1-2-14(21)12-16(13-8-4-3-5-9-13)18-19(22)15-10-6-7-11-17(15)24-20(18)23;/h3-11,16,22H,2,12H2,1H3;/q;+1/p-1. The first-order valence-corrected chi connectivity index (χ1v) is 8.72. The number of hydrogen-bond acceptors (Lipinski definition) is 4. The van der Waals surface area contributed by atoms with Gasteiger partial charge in [0.15, 0.2) is 0 Å². The molecule has 0 bridgehead atoms. The molecular formula is C20H17NaO3S. The summed E-state index contributed by atoms with van der Waals surface area (Å²) in [5.41, 5.74) is 1.04. The molecule has 3 rings (SSSR count). The van der Waals surface area contributed by atoms with Crippen molar-refractivity contribution in [1.82, 2.24) is 0 Å². The van der Waals surface area contributed by atoms with E-state index in [0.29, 0.717) is 16.5 Å². The van der Waals surface area contributed by atoms with Crippen molar-refractivity contribution in [3.63, 3.8) is 0 Å². The van der Waals surface area contributed by atoms with Gasteiger partial charge in [-0.25, -0.2) is 0 Å². The number of fused-ring (bicyclic) bond motifs is 1. The van der Waals surface area contributed by atoms with Crippen molar-refractivity contribution >= 4 is 27.2 Å². The van der Waals surface area contributed by atoms with Crippen molar-refractivity contribution in [2.45, 2.75) is 25.7 Å². The van der Waals surface area contributed by atoms with Gasteiger partial charge < -0.3 is 5.11 Å². The third-order valence-corrected chi connectivity index (χ3v) is 5.16. The molecule has 0 saturated carbocycles. The second kappa shape index (κ2) is 8.77. The molecule has 3 nitrogen and oxygen atoms in total. The zero-order valence-electron chi connectivity index (χ0n) is 14.3. The molecule has 0 N–H and O–H groups in total. The molecule has 5 heteroatoms. The van der Waals surface area contributed by atoms with Crippen molar-refractivity contribution in [2.24, 2.45) is 0 Å². The van der Waals surface area contributed by atoms with E-state index in [0.717, 1.165) is 16.9 Å².